The zero-order valence-electron chi connectivity index (χ0n) is 4.17. The van der Waals surface area contributed by atoms with Crippen LogP contribution in [0.1, 0.15) is 0 Å². The van der Waals surface area contributed by atoms with Crippen LogP contribution in [0.15, 0.2) is 12.7 Å². The fourth-order valence-corrected chi connectivity index (χ4v) is 0.601. The van der Waals surface area contributed by atoms with E-state index in [-0.39, 0.29) is 3.23 Å². The summed E-state index contributed by atoms with van der Waals surface area (Å²) in [6.07, 6.45) is 1.71. The molecule has 0 radical (unpaired) electrons. The average molecular weight is 451 g/mol. The molecule has 0 saturated carbocycles. The topological polar surface area (TPSA) is 0 Å². The van der Waals surface area contributed by atoms with Crippen molar-refractivity contribution in [2.24, 2.45) is 0 Å². The van der Waals surface area contributed by atoms with Gasteiger partial charge in [0.15, 0.2) is 2.14 Å². The molecule has 0 N–H and O–H groups in total. The minimum Gasteiger partial charge on any atom is -0.101 e. The molecule has 0 atom stereocenters. The highest BCUT2D eigenvalue weighted by Crippen LogP contribution is 2.53. The van der Waals surface area contributed by atoms with Gasteiger partial charge in [-0.25, -0.2) is 0 Å². The smallest absolute Gasteiger partial charge is 0.101 e. The van der Waals surface area contributed by atoms with Gasteiger partial charge in [-0.3, -0.25) is 0 Å². The predicted octanol–water partition coefficient (Wildman–Crippen LogP) is 4.50. The summed E-state index contributed by atoms with van der Waals surface area (Å²) in [6, 6.07) is 0. The van der Waals surface area contributed by atoms with E-state index in [9.17, 15) is 0 Å². The summed E-state index contributed by atoms with van der Waals surface area (Å²) in [5.74, 6) is 0. The fourth-order valence-electron chi connectivity index (χ4n) is 0.116. The Morgan fingerprint density at radius 3 is 1.33 bits per heavy atom. The third kappa shape index (κ3) is 3.36. The van der Waals surface area contributed by atoms with Crippen molar-refractivity contribution in [1.82, 2.24) is 0 Å². The maximum atomic E-state index is 3.62. The lowest BCUT2D eigenvalue weighted by atomic mass is 10.5. The Morgan fingerprint density at radius 2 is 1.33 bits per heavy atom. The molecule has 0 aliphatic rings. The van der Waals surface area contributed by atoms with Gasteiger partial charge in [0.1, 0.15) is 3.23 Å². The molecular weight excluding hydrogens is 448 g/mol. The van der Waals surface area contributed by atoms with E-state index in [0.29, 0.717) is 0 Å². The molecule has 0 aromatic heterocycles. The third-order valence-electron chi connectivity index (χ3n) is 0.634. The monoisotopic (exact) mass is 446 g/mol. The van der Waals surface area contributed by atoms with Gasteiger partial charge in [-0.2, -0.15) is 0 Å². The summed E-state index contributed by atoms with van der Waals surface area (Å²) in [5, 5.41) is 0. The lowest BCUT2D eigenvalue weighted by molar-refractivity contribution is 1.16. The van der Waals surface area contributed by atoms with Crippen molar-refractivity contribution in [3.8, 4) is 0 Å². The van der Waals surface area contributed by atoms with Crippen molar-refractivity contribution >= 4 is 79.6 Å². The minimum atomic E-state index is -0.401. The predicted molar refractivity (Wildman–Crippen MR) is 60.3 cm³/mol. The Labute approximate surface area is 96.5 Å². The maximum absolute atomic E-state index is 3.62. The van der Waals surface area contributed by atoms with Crippen LogP contribution in [-0.2, 0) is 0 Å². The van der Waals surface area contributed by atoms with E-state index in [0.717, 1.165) is 0 Å². The quantitative estimate of drug-likeness (QED) is 0.408. The van der Waals surface area contributed by atoms with E-state index < -0.39 is 2.14 Å². The van der Waals surface area contributed by atoms with Crippen LogP contribution in [0, 0.1) is 0 Å². The van der Waals surface area contributed by atoms with Crippen LogP contribution >= 0.6 is 79.6 Å². The van der Waals surface area contributed by atoms with Crippen LogP contribution in [0.5, 0.6) is 0 Å². The molecular formula is C4H3Br5. The van der Waals surface area contributed by atoms with Crippen LogP contribution in [0.25, 0.3) is 0 Å². The molecule has 0 bridgehead atoms. The van der Waals surface area contributed by atoms with Crippen LogP contribution in [0.4, 0.5) is 0 Å². The van der Waals surface area contributed by atoms with Gasteiger partial charge in [-0.05, 0) is 0 Å². The Kier molecular flexibility index (Phi) is 4.57. The fraction of sp³-hybridized carbons (Fsp3) is 0.500. The van der Waals surface area contributed by atoms with Gasteiger partial charge in [-0.1, -0.05) is 85.7 Å². The number of hydrogen-bond acceptors (Lipinski definition) is 0. The molecule has 0 spiro atoms. The molecule has 0 rings (SSSR count). The zero-order valence-corrected chi connectivity index (χ0v) is 12.1. The largest absolute Gasteiger partial charge is 0.163 e. The molecule has 0 saturated heterocycles. The van der Waals surface area contributed by atoms with Crippen LogP contribution < -0.4 is 0 Å². The van der Waals surface area contributed by atoms with E-state index in [1.54, 1.807) is 6.08 Å². The highest BCUT2D eigenvalue weighted by atomic mass is 80.0. The molecule has 0 aromatic carbocycles. The summed E-state index contributed by atoms with van der Waals surface area (Å²) in [7, 11) is 0. The normalized spacial score (nSPS) is 13.4. The molecule has 0 amide bonds. The standard InChI is InChI=1S/C4H3Br5/c1-2-3(5,6)4(7,8)9/h2H,1H2. The van der Waals surface area contributed by atoms with E-state index in [2.05, 4.69) is 86.2 Å². The van der Waals surface area contributed by atoms with Gasteiger partial charge < -0.3 is 0 Å². The molecule has 5 heteroatoms. The van der Waals surface area contributed by atoms with Gasteiger partial charge in [0.2, 0.25) is 0 Å². The summed E-state index contributed by atoms with van der Waals surface area (Å²) in [4.78, 5) is 0. The highest BCUT2D eigenvalue weighted by molar-refractivity contribution is 9.41. The highest BCUT2D eigenvalue weighted by Gasteiger charge is 2.39. The molecule has 0 nitrogen and oxygen atoms in total. The van der Waals surface area contributed by atoms with Crippen LogP contribution in [-0.4, -0.2) is 5.38 Å². The van der Waals surface area contributed by atoms with Gasteiger partial charge in [0.05, 0.1) is 0 Å². The Morgan fingerprint density at radius 1 is 1.00 bits per heavy atom. The number of allylic oxidation sites excluding steroid dienone is 1. The van der Waals surface area contributed by atoms with Crippen molar-refractivity contribution in [1.29, 1.82) is 0 Å². The second-order valence-electron chi connectivity index (χ2n) is 1.32. The minimum absolute atomic E-state index is 0.382. The van der Waals surface area contributed by atoms with E-state index in [1.165, 1.54) is 0 Å². The first kappa shape index (κ1) is 11.1. The first-order chi connectivity index (χ1) is 3.81. The van der Waals surface area contributed by atoms with Crippen molar-refractivity contribution in [3.63, 3.8) is 0 Å². The third-order valence-corrected chi connectivity index (χ3v) is 7.54. The molecule has 0 unspecified atom stereocenters. The molecule has 9 heavy (non-hydrogen) atoms. The van der Waals surface area contributed by atoms with Gasteiger partial charge in [0, 0.05) is 0 Å². The molecule has 0 fully saturated rings. The Balaban J connectivity index is 4.32. The maximum Gasteiger partial charge on any atom is 0.163 e. The average Bonchev–Trinajstić information content (AvgIpc) is 1.64. The lowest BCUT2D eigenvalue weighted by Crippen LogP contribution is -2.24. The van der Waals surface area contributed by atoms with Gasteiger partial charge in [-0.15, -0.1) is 6.58 Å². The first-order valence-electron chi connectivity index (χ1n) is 1.89. The Hall–Kier alpha value is 2.14. The molecule has 0 heterocycles. The number of halogens is 5. The summed E-state index contributed by atoms with van der Waals surface area (Å²) < 4.78 is -0.783. The molecule has 0 aliphatic heterocycles. The summed E-state index contributed by atoms with van der Waals surface area (Å²) in [5.41, 5.74) is 0. The van der Waals surface area contributed by atoms with E-state index in [4.69, 9.17) is 0 Å². The summed E-state index contributed by atoms with van der Waals surface area (Å²) >= 11 is 16.7. The molecule has 54 valence electrons. The SMILES string of the molecule is C=CC(Br)(Br)C(Br)(Br)Br. The second kappa shape index (κ2) is 3.70. The Bertz CT molecular complexity index is 111. The van der Waals surface area contributed by atoms with Crippen LogP contribution in [0.3, 0.4) is 0 Å². The second-order valence-corrected chi connectivity index (χ2v) is 11.7. The van der Waals surface area contributed by atoms with Crippen molar-refractivity contribution in [3.05, 3.63) is 12.7 Å². The lowest BCUT2D eigenvalue weighted by Gasteiger charge is -2.25. The van der Waals surface area contributed by atoms with Crippen LogP contribution in [0.2, 0.25) is 0 Å². The van der Waals surface area contributed by atoms with Crippen molar-refractivity contribution in [2.75, 3.05) is 0 Å². The zero-order chi connectivity index (χ0) is 7.71. The van der Waals surface area contributed by atoms with E-state index in [1.807, 2.05) is 0 Å². The number of rotatable bonds is 1. The molecule has 0 aromatic rings. The van der Waals surface area contributed by atoms with Crippen molar-refractivity contribution < 1.29 is 0 Å². The summed E-state index contributed by atoms with van der Waals surface area (Å²) in [6.45, 7) is 3.62. The first-order valence-corrected chi connectivity index (χ1v) is 5.86. The van der Waals surface area contributed by atoms with E-state index >= 15 is 0 Å². The number of hydrogen-bond donors (Lipinski definition) is 0. The molecule has 0 aliphatic carbocycles. The van der Waals surface area contributed by atoms with Crippen molar-refractivity contribution in [2.45, 2.75) is 5.38 Å². The van der Waals surface area contributed by atoms with Gasteiger partial charge in [0.25, 0.3) is 0 Å². The van der Waals surface area contributed by atoms with Gasteiger partial charge >= 0.3 is 0 Å². The number of alkyl halides is 5.